The third-order valence-corrected chi connectivity index (χ3v) is 2.07. The molecule has 1 atom stereocenters. The Bertz CT molecular complexity index is 280. The van der Waals surface area contributed by atoms with Crippen molar-refractivity contribution >= 4 is 0 Å². The van der Waals surface area contributed by atoms with Crippen LogP contribution in [0.5, 0.6) is 0 Å². The molecule has 0 aromatic heterocycles. The number of rotatable bonds is 2. The number of methoxy groups -OCH3 is 1. The van der Waals surface area contributed by atoms with Crippen LogP contribution in [0.2, 0.25) is 0 Å². The van der Waals surface area contributed by atoms with Gasteiger partial charge < -0.3 is 35.1 Å². The maximum Gasteiger partial charge on any atom is 0.0354 e. The second kappa shape index (κ2) is 8.48. The van der Waals surface area contributed by atoms with Gasteiger partial charge in [0.2, 0.25) is 0 Å². The molecule has 2 heteroatoms. The molecule has 0 N–H and O–H groups in total. The molecular formula is C13H16FeO-6. The van der Waals surface area contributed by atoms with Gasteiger partial charge in [-0.2, -0.15) is 12.1 Å². The quantitative estimate of drug-likeness (QED) is 0.580. The Morgan fingerprint density at radius 2 is 1.40 bits per heavy atom. The van der Waals surface area contributed by atoms with Gasteiger partial charge in [-0.3, -0.25) is 0 Å². The fourth-order valence-corrected chi connectivity index (χ4v) is 1.12. The normalized spacial score (nSPS) is 10.8. The summed E-state index contributed by atoms with van der Waals surface area (Å²) in [7, 11) is 1.72. The predicted octanol–water partition coefficient (Wildman–Crippen LogP) is 3.52. The van der Waals surface area contributed by atoms with Crippen LogP contribution in [0, 0.1) is 0 Å². The monoisotopic (exact) mass is 244 g/mol. The van der Waals surface area contributed by atoms with Gasteiger partial charge in [0, 0.05) is 30.3 Å². The standard InChI is InChI=1S/C8H11O.C5H5.Fe/c1-7(9-2)8-5-3-4-6-8;1-2-4-5-3-1;/h3-7H,1-2H3;1-5H;/q-1;-5;. The van der Waals surface area contributed by atoms with Crippen LogP contribution in [-0.2, 0) is 21.8 Å². The van der Waals surface area contributed by atoms with Gasteiger partial charge in [-0.15, -0.1) is 5.56 Å². The van der Waals surface area contributed by atoms with Gasteiger partial charge in [0.05, 0.1) is 0 Å². The SMILES string of the molecule is COC(C)[c-]1cccc1.[Fe].[cH-]1[cH-][cH-][cH-][cH-]1. The molecule has 0 saturated heterocycles. The van der Waals surface area contributed by atoms with Crippen molar-refractivity contribution in [3.8, 4) is 0 Å². The molecule has 0 aliphatic rings. The molecule has 0 fully saturated rings. The van der Waals surface area contributed by atoms with E-state index in [0.29, 0.717) is 0 Å². The molecular weight excluding hydrogens is 228 g/mol. The summed E-state index contributed by atoms with van der Waals surface area (Å²) in [6.07, 6.45) is 0.236. The molecule has 0 saturated carbocycles. The summed E-state index contributed by atoms with van der Waals surface area (Å²) in [5, 5.41) is 0. The summed E-state index contributed by atoms with van der Waals surface area (Å²) in [5.41, 5.74) is 1.25. The van der Waals surface area contributed by atoms with Gasteiger partial charge in [-0.25, -0.2) is 12.1 Å². The second-order valence-electron chi connectivity index (χ2n) is 3.06. The average molecular weight is 244 g/mol. The molecule has 2 aromatic carbocycles. The first kappa shape index (κ1) is 14.2. The van der Waals surface area contributed by atoms with Gasteiger partial charge in [0.1, 0.15) is 0 Å². The second-order valence-corrected chi connectivity index (χ2v) is 3.06. The molecule has 2 aromatic rings. The minimum absolute atomic E-state index is 0. The zero-order valence-electron chi connectivity index (χ0n) is 9.04. The Hall–Kier alpha value is -0.821. The first-order valence-electron chi connectivity index (χ1n) is 4.75. The van der Waals surface area contributed by atoms with Crippen LogP contribution in [0.4, 0.5) is 0 Å². The zero-order valence-corrected chi connectivity index (χ0v) is 10.1. The van der Waals surface area contributed by atoms with Crippen molar-refractivity contribution in [2.24, 2.45) is 0 Å². The minimum Gasteiger partial charge on any atom is -0.748 e. The van der Waals surface area contributed by atoms with Crippen LogP contribution in [0.15, 0.2) is 54.6 Å². The van der Waals surface area contributed by atoms with E-state index >= 15 is 0 Å². The van der Waals surface area contributed by atoms with E-state index in [2.05, 4.69) is 12.1 Å². The molecule has 0 bridgehead atoms. The van der Waals surface area contributed by atoms with E-state index in [-0.39, 0.29) is 23.2 Å². The summed E-state index contributed by atoms with van der Waals surface area (Å²) in [5.74, 6) is 0. The summed E-state index contributed by atoms with van der Waals surface area (Å²) in [6, 6.07) is 18.2. The smallest absolute Gasteiger partial charge is 0.0354 e. The van der Waals surface area contributed by atoms with E-state index in [9.17, 15) is 0 Å². The molecule has 15 heavy (non-hydrogen) atoms. The van der Waals surface area contributed by atoms with Gasteiger partial charge in [0.15, 0.2) is 0 Å². The molecule has 0 amide bonds. The molecule has 1 unspecified atom stereocenters. The summed E-state index contributed by atoms with van der Waals surface area (Å²) in [4.78, 5) is 0. The minimum atomic E-state index is 0. The van der Waals surface area contributed by atoms with Gasteiger partial charge in [-0.05, 0) is 6.92 Å². The Balaban J connectivity index is 0.000000280. The van der Waals surface area contributed by atoms with Crippen molar-refractivity contribution in [3.05, 3.63) is 60.2 Å². The van der Waals surface area contributed by atoms with Crippen molar-refractivity contribution in [1.29, 1.82) is 0 Å². The summed E-state index contributed by atoms with van der Waals surface area (Å²) in [6.45, 7) is 2.04. The molecule has 0 aliphatic carbocycles. The number of hydrogen-bond donors (Lipinski definition) is 0. The maximum absolute atomic E-state index is 5.09. The Kier molecular flexibility index (Phi) is 8.02. The number of ether oxygens (including phenoxy) is 1. The molecule has 0 heterocycles. The van der Waals surface area contributed by atoms with E-state index in [4.69, 9.17) is 4.74 Å². The van der Waals surface area contributed by atoms with Gasteiger partial charge in [-0.1, -0.05) is 0 Å². The molecule has 88 valence electrons. The summed E-state index contributed by atoms with van der Waals surface area (Å²) >= 11 is 0. The molecule has 2 rings (SSSR count). The third kappa shape index (κ3) is 5.58. The van der Waals surface area contributed by atoms with Crippen LogP contribution in [0.25, 0.3) is 0 Å². The average Bonchev–Trinajstić information content (AvgIpc) is 2.91. The predicted molar refractivity (Wildman–Crippen MR) is 59.5 cm³/mol. The largest absolute Gasteiger partial charge is 0.748 e. The van der Waals surface area contributed by atoms with Crippen molar-refractivity contribution in [3.63, 3.8) is 0 Å². The van der Waals surface area contributed by atoms with E-state index in [1.807, 2.05) is 49.4 Å². The van der Waals surface area contributed by atoms with E-state index < -0.39 is 0 Å². The van der Waals surface area contributed by atoms with Crippen LogP contribution in [0.3, 0.4) is 0 Å². The van der Waals surface area contributed by atoms with Crippen molar-refractivity contribution in [1.82, 2.24) is 0 Å². The Morgan fingerprint density at radius 1 is 1.00 bits per heavy atom. The maximum atomic E-state index is 5.09. The fraction of sp³-hybridized carbons (Fsp3) is 0.231. The van der Waals surface area contributed by atoms with Gasteiger partial charge >= 0.3 is 0 Å². The Labute approximate surface area is 102 Å². The molecule has 0 aliphatic heterocycles. The zero-order chi connectivity index (χ0) is 10.2. The van der Waals surface area contributed by atoms with E-state index in [0.717, 1.165) is 0 Å². The van der Waals surface area contributed by atoms with E-state index in [1.165, 1.54) is 5.56 Å². The molecule has 1 nitrogen and oxygen atoms in total. The Morgan fingerprint density at radius 3 is 1.73 bits per heavy atom. The van der Waals surface area contributed by atoms with Crippen LogP contribution in [-0.4, -0.2) is 7.11 Å². The molecule has 0 spiro atoms. The van der Waals surface area contributed by atoms with E-state index in [1.54, 1.807) is 7.11 Å². The van der Waals surface area contributed by atoms with Crippen molar-refractivity contribution in [2.45, 2.75) is 13.0 Å². The van der Waals surface area contributed by atoms with Crippen LogP contribution in [0.1, 0.15) is 18.6 Å². The summed E-state index contributed by atoms with van der Waals surface area (Å²) < 4.78 is 5.09. The third-order valence-electron chi connectivity index (χ3n) is 2.07. The first-order valence-corrected chi connectivity index (χ1v) is 4.75. The van der Waals surface area contributed by atoms with Crippen molar-refractivity contribution < 1.29 is 21.8 Å². The van der Waals surface area contributed by atoms with Crippen molar-refractivity contribution in [2.75, 3.05) is 7.11 Å². The topological polar surface area (TPSA) is 9.23 Å². The van der Waals surface area contributed by atoms with Gasteiger partial charge in [0.25, 0.3) is 0 Å². The first-order chi connectivity index (χ1) is 6.84. The molecule has 0 radical (unpaired) electrons. The van der Waals surface area contributed by atoms with Crippen LogP contribution < -0.4 is 0 Å². The fourth-order valence-electron chi connectivity index (χ4n) is 1.12. The number of hydrogen-bond acceptors (Lipinski definition) is 1. The van der Waals surface area contributed by atoms with Crippen LogP contribution >= 0.6 is 0 Å².